The number of aryl methyl sites for hydroxylation is 1. The monoisotopic (exact) mass is 363 g/mol. The number of hydrogen-bond donors (Lipinski definition) is 1. The van der Waals surface area contributed by atoms with Gasteiger partial charge in [-0.05, 0) is 68.6 Å². The number of aromatic nitrogens is 2. The zero-order chi connectivity index (χ0) is 18.6. The molecule has 4 rings (SSSR count). The van der Waals surface area contributed by atoms with Crippen LogP contribution in [0, 0.1) is 5.92 Å². The Kier molecular flexibility index (Phi) is 5.21. The second kappa shape index (κ2) is 7.92. The lowest BCUT2D eigenvalue weighted by molar-refractivity contribution is 0.295. The molecule has 3 aromatic rings. The lowest BCUT2D eigenvalue weighted by atomic mass is 10.0. The number of ether oxygens (including phenoxy) is 1. The Morgan fingerprint density at radius 2 is 1.93 bits per heavy atom. The van der Waals surface area contributed by atoms with Gasteiger partial charge in [-0.15, -0.1) is 0 Å². The van der Waals surface area contributed by atoms with Crippen molar-refractivity contribution >= 4 is 10.8 Å². The van der Waals surface area contributed by atoms with E-state index in [9.17, 15) is 4.79 Å². The van der Waals surface area contributed by atoms with Gasteiger partial charge in [0, 0.05) is 18.0 Å². The van der Waals surface area contributed by atoms with E-state index in [1.54, 1.807) is 7.05 Å². The maximum atomic E-state index is 12.3. The van der Waals surface area contributed by atoms with E-state index in [4.69, 9.17) is 4.74 Å². The van der Waals surface area contributed by atoms with Crippen LogP contribution >= 0.6 is 0 Å². The van der Waals surface area contributed by atoms with Crippen molar-refractivity contribution in [1.29, 1.82) is 0 Å². The predicted molar refractivity (Wildman–Crippen MR) is 108 cm³/mol. The minimum atomic E-state index is -0.0771. The van der Waals surface area contributed by atoms with E-state index in [2.05, 4.69) is 10.4 Å². The van der Waals surface area contributed by atoms with Crippen LogP contribution < -0.4 is 15.6 Å². The molecule has 5 nitrogen and oxygen atoms in total. The summed E-state index contributed by atoms with van der Waals surface area (Å²) >= 11 is 0. The minimum Gasteiger partial charge on any atom is -0.494 e. The third kappa shape index (κ3) is 3.88. The highest BCUT2D eigenvalue weighted by atomic mass is 16.5. The fourth-order valence-electron chi connectivity index (χ4n) is 3.74. The molecule has 1 aliphatic heterocycles. The van der Waals surface area contributed by atoms with Crippen LogP contribution in [-0.4, -0.2) is 29.5 Å². The average Bonchev–Trinajstić information content (AvgIpc) is 3.22. The van der Waals surface area contributed by atoms with Crippen molar-refractivity contribution in [1.82, 2.24) is 15.1 Å². The standard InChI is InChI=1S/C22H25N3O2/c1-25-22(26)20-7-3-2-6-19(20)21(24-25)17-8-10-18(11-9-17)27-14-4-5-16-12-13-23-15-16/h2-3,6-11,16,23H,4-5,12-15H2,1H3. The lowest BCUT2D eigenvalue weighted by Gasteiger charge is -2.11. The van der Waals surface area contributed by atoms with Crippen molar-refractivity contribution in [3.05, 3.63) is 58.9 Å². The summed E-state index contributed by atoms with van der Waals surface area (Å²) in [4.78, 5) is 12.3. The number of fused-ring (bicyclic) bond motifs is 1. The molecule has 0 radical (unpaired) electrons. The van der Waals surface area contributed by atoms with Gasteiger partial charge in [-0.2, -0.15) is 5.10 Å². The predicted octanol–water partition coefficient (Wildman–Crippen LogP) is 3.37. The molecule has 0 bridgehead atoms. The molecule has 5 heteroatoms. The molecule has 0 aliphatic carbocycles. The number of rotatable bonds is 6. The lowest BCUT2D eigenvalue weighted by Crippen LogP contribution is -2.20. The molecule has 1 unspecified atom stereocenters. The number of hydrogen-bond acceptors (Lipinski definition) is 4. The van der Waals surface area contributed by atoms with E-state index in [1.165, 1.54) is 17.5 Å². The zero-order valence-corrected chi connectivity index (χ0v) is 15.6. The van der Waals surface area contributed by atoms with Crippen molar-refractivity contribution in [2.24, 2.45) is 13.0 Å². The normalized spacial score (nSPS) is 16.7. The molecule has 0 saturated carbocycles. The molecule has 140 valence electrons. The van der Waals surface area contributed by atoms with Gasteiger partial charge in [0.15, 0.2) is 0 Å². The topological polar surface area (TPSA) is 56.1 Å². The minimum absolute atomic E-state index is 0.0771. The Hall–Kier alpha value is -2.66. The molecular weight excluding hydrogens is 338 g/mol. The van der Waals surface area contributed by atoms with Gasteiger partial charge in [-0.25, -0.2) is 4.68 Å². The van der Waals surface area contributed by atoms with Crippen LogP contribution in [0.25, 0.3) is 22.0 Å². The highest BCUT2D eigenvalue weighted by Crippen LogP contribution is 2.26. The van der Waals surface area contributed by atoms with Gasteiger partial charge < -0.3 is 10.1 Å². The summed E-state index contributed by atoms with van der Waals surface area (Å²) in [5, 5.41) is 9.44. The fourth-order valence-corrected chi connectivity index (χ4v) is 3.74. The van der Waals surface area contributed by atoms with Crippen molar-refractivity contribution in [2.45, 2.75) is 19.3 Å². The summed E-state index contributed by atoms with van der Waals surface area (Å²) in [6.45, 7) is 3.05. The van der Waals surface area contributed by atoms with E-state index in [-0.39, 0.29) is 5.56 Å². The molecule has 0 amide bonds. The van der Waals surface area contributed by atoms with Crippen molar-refractivity contribution < 1.29 is 4.74 Å². The van der Waals surface area contributed by atoms with Gasteiger partial charge in [-0.1, -0.05) is 18.2 Å². The van der Waals surface area contributed by atoms with Crippen LogP contribution in [0.5, 0.6) is 5.75 Å². The van der Waals surface area contributed by atoms with Crippen LogP contribution in [-0.2, 0) is 7.05 Å². The van der Waals surface area contributed by atoms with E-state index in [1.807, 2.05) is 48.5 Å². The summed E-state index contributed by atoms with van der Waals surface area (Å²) < 4.78 is 7.29. The van der Waals surface area contributed by atoms with Crippen LogP contribution in [0.4, 0.5) is 0 Å². The Bertz CT molecular complexity index is 973. The van der Waals surface area contributed by atoms with Gasteiger partial charge >= 0.3 is 0 Å². The SMILES string of the molecule is Cn1nc(-c2ccc(OCCCC3CCNC3)cc2)c2ccccc2c1=O. The first-order valence-electron chi connectivity index (χ1n) is 9.62. The van der Waals surface area contributed by atoms with Crippen molar-refractivity contribution in [2.75, 3.05) is 19.7 Å². The number of benzene rings is 2. The molecule has 2 aromatic carbocycles. The van der Waals surface area contributed by atoms with Crippen LogP contribution in [0.15, 0.2) is 53.3 Å². The Labute approximate surface area is 159 Å². The molecule has 1 saturated heterocycles. The molecule has 1 atom stereocenters. The molecule has 1 fully saturated rings. The second-order valence-corrected chi connectivity index (χ2v) is 7.20. The maximum absolute atomic E-state index is 12.3. The van der Waals surface area contributed by atoms with E-state index in [0.717, 1.165) is 54.4 Å². The third-order valence-electron chi connectivity index (χ3n) is 5.27. The van der Waals surface area contributed by atoms with Crippen molar-refractivity contribution in [3.63, 3.8) is 0 Å². The molecule has 27 heavy (non-hydrogen) atoms. The average molecular weight is 363 g/mol. The summed E-state index contributed by atoms with van der Waals surface area (Å²) in [6, 6.07) is 15.6. The summed E-state index contributed by atoms with van der Waals surface area (Å²) in [6.07, 6.45) is 3.59. The summed E-state index contributed by atoms with van der Waals surface area (Å²) in [7, 11) is 1.69. The number of nitrogens with zero attached hydrogens (tertiary/aromatic N) is 2. The summed E-state index contributed by atoms with van der Waals surface area (Å²) in [5.41, 5.74) is 1.71. The Balaban J connectivity index is 1.47. The first kappa shape index (κ1) is 17.7. The van der Waals surface area contributed by atoms with E-state index in [0.29, 0.717) is 5.39 Å². The van der Waals surface area contributed by atoms with Gasteiger partial charge in [0.2, 0.25) is 0 Å². The Morgan fingerprint density at radius 1 is 1.15 bits per heavy atom. The third-order valence-corrected chi connectivity index (χ3v) is 5.27. The van der Waals surface area contributed by atoms with Gasteiger partial charge in [0.1, 0.15) is 5.75 Å². The fraction of sp³-hybridized carbons (Fsp3) is 0.364. The smallest absolute Gasteiger partial charge is 0.274 e. The van der Waals surface area contributed by atoms with E-state index >= 15 is 0 Å². The van der Waals surface area contributed by atoms with Gasteiger partial charge in [0.25, 0.3) is 5.56 Å². The highest BCUT2D eigenvalue weighted by Gasteiger charge is 2.14. The zero-order valence-electron chi connectivity index (χ0n) is 15.6. The molecule has 1 N–H and O–H groups in total. The van der Waals surface area contributed by atoms with Crippen molar-refractivity contribution in [3.8, 4) is 17.0 Å². The molecule has 2 heterocycles. The highest BCUT2D eigenvalue weighted by molar-refractivity contribution is 5.93. The first-order valence-corrected chi connectivity index (χ1v) is 9.62. The molecular formula is C22H25N3O2. The van der Waals surface area contributed by atoms with Gasteiger partial charge in [0.05, 0.1) is 17.7 Å². The van der Waals surface area contributed by atoms with Crippen LogP contribution in [0.1, 0.15) is 19.3 Å². The summed E-state index contributed by atoms with van der Waals surface area (Å²) in [5.74, 6) is 1.68. The van der Waals surface area contributed by atoms with Gasteiger partial charge in [-0.3, -0.25) is 4.79 Å². The van der Waals surface area contributed by atoms with Crippen LogP contribution in [0.2, 0.25) is 0 Å². The quantitative estimate of drug-likeness (QED) is 0.682. The largest absolute Gasteiger partial charge is 0.494 e. The maximum Gasteiger partial charge on any atom is 0.274 e. The second-order valence-electron chi connectivity index (χ2n) is 7.20. The molecule has 0 spiro atoms. The molecule has 1 aliphatic rings. The van der Waals surface area contributed by atoms with E-state index < -0.39 is 0 Å². The molecule has 1 aromatic heterocycles. The van der Waals surface area contributed by atoms with Crippen LogP contribution in [0.3, 0.4) is 0 Å². The first-order chi connectivity index (χ1) is 13.2. The Morgan fingerprint density at radius 3 is 2.67 bits per heavy atom. The number of nitrogens with one attached hydrogen (secondary N) is 1.